The monoisotopic (exact) mass is 333 g/mol. The molecule has 3 amide bonds. The van der Waals surface area contributed by atoms with Crippen molar-refractivity contribution in [2.24, 2.45) is 5.92 Å². The van der Waals surface area contributed by atoms with E-state index in [1.54, 1.807) is 30.0 Å². The third-order valence-corrected chi connectivity index (χ3v) is 4.79. The number of hydrogen-bond donors (Lipinski definition) is 2. The van der Waals surface area contributed by atoms with Crippen molar-refractivity contribution in [3.63, 3.8) is 0 Å². The number of benzene rings is 1. The second-order valence-electron chi connectivity index (χ2n) is 6.74. The molecular formula is C18H24FN3O2. The van der Waals surface area contributed by atoms with E-state index in [9.17, 15) is 14.0 Å². The minimum atomic E-state index is -0.366. The Bertz CT molecular complexity index is 610. The molecule has 1 saturated carbocycles. The first-order valence-electron chi connectivity index (χ1n) is 8.65. The molecule has 1 heterocycles. The van der Waals surface area contributed by atoms with Crippen LogP contribution in [0.4, 0.5) is 9.18 Å². The maximum Gasteiger partial charge on any atom is 0.317 e. The quantitative estimate of drug-likeness (QED) is 0.890. The molecule has 0 spiro atoms. The summed E-state index contributed by atoms with van der Waals surface area (Å²) in [5.41, 5.74) is 0.493. The highest BCUT2D eigenvalue weighted by Crippen LogP contribution is 2.23. The molecule has 1 aromatic rings. The topological polar surface area (TPSA) is 61.4 Å². The zero-order chi connectivity index (χ0) is 17.1. The van der Waals surface area contributed by atoms with Crippen LogP contribution in [-0.4, -0.2) is 36.0 Å². The molecule has 0 radical (unpaired) electrons. The van der Waals surface area contributed by atoms with Crippen LogP contribution in [0, 0.1) is 11.7 Å². The van der Waals surface area contributed by atoms with Crippen molar-refractivity contribution < 1.29 is 14.0 Å². The molecule has 1 aromatic carbocycles. The van der Waals surface area contributed by atoms with Crippen LogP contribution in [0.15, 0.2) is 24.3 Å². The number of carbonyl (C=O) groups excluding carboxylic acids is 2. The van der Waals surface area contributed by atoms with Crippen LogP contribution in [0.25, 0.3) is 0 Å². The van der Waals surface area contributed by atoms with Crippen LogP contribution >= 0.6 is 0 Å². The minimum Gasteiger partial charge on any atom is -0.349 e. The smallest absolute Gasteiger partial charge is 0.317 e. The summed E-state index contributed by atoms with van der Waals surface area (Å²) >= 11 is 0. The van der Waals surface area contributed by atoms with Crippen LogP contribution in [0.1, 0.15) is 44.2 Å². The highest BCUT2D eigenvalue weighted by atomic mass is 19.1. The molecule has 1 atom stereocenters. The molecule has 0 aromatic heterocycles. The summed E-state index contributed by atoms with van der Waals surface area (Å²) in [6.07, 6.45) is 3.43. The van der Waals surface area contributed by atoms with Crippen molar-refractivity contribution in [1.82, 2.24) is 15.5 Å². The standard InChI is InChI=1S/C18H24FN3O2/c1-12(15-4-2-3-5-16(15)19)20-17(23)13-8-10-22(11-9-13)18(24)21-14-6-7-14/h2-5,12-14H,6-11H2,1H3,(H,20,23)(H,21,24)/t12-/m1/s1. The molecule has 2 aliphatic rings. The molecule has 0 unspecified atom stereocenters. The molecule has 1 saturated heterocycles. The molecular weight excluding hydrogens is 309 g/mol. The average molecular weight is 333 g/mol. The molecule has 0 bridgehead atoms. The van der Waals surface area contributed by atoms with Crippen molar-refractivity contribution in [2.45, 2.75) is 44.7 Å². The summed E-state index contributed by atoms with van der Waals surface area (Å²) in [6, 6.07) is 6.44. The van der Waals surface area contributed by atoms with Crippen LogP contribution in [0.2, 0.25) is 0 Å². The Kier molecular flexibility index (Phi) is 5.02. The minimum absolute atomic E-state index is 0.0175. The zero-order valence-corrected chi connectivity index (χ0v) is 13.9. The molecule has 1 aliphatic carbocycles. The van der Waals surface area contributed by atoms with Gasteiger partial charge in [0.2, 0.25) is 5.91 Å². The lowest BCUT2D eigenvalue weighted by Crippen LogP contribution is -2.47. The van der Waals surface area contributed by atoms with E-state index in [0.717, 1.165) is 12.8 Å². The lowest BCUT2D eigenvalue weighted by Gasteiger charge is -2.32. The second-order valence-corrected chi connectivity index (χ2v) is 6.74. The Morgan fingerprint density at radius 3 is 2.46 bits per heavy atom. The molecule has 130 valence electrons. The fourth-order valence-corrected chi connectivity index (χ4v) is 3.07. The predicted octanol–water partition coefficient (Wildman–Crippen LogP) is 2.59. The highest BCUT2D eigenvalue weighted by Gasteiger charge is 2.31. The van der Waals surface area contributed by atoms with Gasteiger partial charge in [0.05, 0.1) is 6.04 Å². The SMILES string of the molecule is C[C@@H](NC(=O)C1CCN(C(=O)NC2CC2)CC1)c1ccccc1F. The summed E-state index contributed by atoms with van der Waals surface area (Å²) in [4.78, 5) is 26.2. The number of halogens is 1. The lowest BCUT2D eigenvalue weighted by molar-refractivity contribution is -0.126. The average Bonchev–Trinajstić information content (AvgIpc) is 3.39. The Balaban J connectivity index is 1.48. The number of rotatable bonds is 4. The van der Waals surface area contributed by atoms with Gasteiger partial charge in [-0.2, -0.15) is 0 Å². The van der Waals surface area contributed by atoms with Crippen molar-refractivity contribution in [3.8, 4) is 0 Å². The molecule has 5 nitrogen and oxygen atoms in total. The fraction of sp³-hybridized carbons (Fsp3) is 0.556. The third-order valence-electron chi connectivity index (χ3n) is 4.79. The van der Waals surface area contributed by atoms with Crippen LogP contribution in [-0.2, 0) is 4.79 Å². The summed E-state index contributed by atoms with van der Waals surface area (Å²) < 4.78 is 13.8. The van der Waals surface area contributed by atoms with E-state index in [1.807, 2.05) is 0 Å². The fourth-order valence-electron chi connectivity index (χ4n) is 3.07. The van der Waals surface area contributed by atoms with Crippen molar-refractivity contribution in [1.29, 1.82) is 0 Å². The number of hydrogen-bond acceptors (Lipinski definition) is 2. The Labute approximate surface area is 141 Å². The third kappa shape index (κ3) is 4.04. The van der Waals surface area contributed by atoms with E-state index >= 15 is 0 Å². The number of urea groups is 1. The van der Waals surface area contributed by atoms with E-state index in [-0.39, 0.29) is 29.7 Å². The zero-order valence-electron chi connectivity index (χ0n) is 13.9. The molecule has 6 heteroatoms. The largest absolute Gasteiger partial charge is 0.349 e. The first-order chi connectivity index (χ1) is 11.5. The lowest BCUT2D eigenvalue weighted by atomic mass is 9.95. The Morgan fingerprint density at radius 2 is 1.83 bits per heavy atom. The van der Waals surface area contributed by atoms with Gasteiger partial charge in [-0.05, 0) is 38.7 Å². The van der Waals surface area contributed by atoms with Gasteiger partial charge in [-0.1, -0.05) is 18.2 Å². The molecule has 1 aliphatic heterocycles. The molecule has 3 rings (SSSR count). The van der Waals surface area contributed by atoms with Crippen LogP contribution in [0.3, 0.4) is 0 Å². The van der Waals surface area contributed by atoms with Crippen molar-refractivity contribution in [3.05, 3.63) is 35.6 Å². The maximum absolute atomic E-state index is 13.8. The van der Waals surface area contributed by atoms with E-state index < -0.39 is 0 Å². The van der Waals surface area contributed by atoms with Crippen LogP contribution in [0.5, 0.6) is 0 Å². The summed E-state index contributed by atoms with van der Waals surface area (Å²) in [5.74, 6) is -0.492. The first-order valence-corrected chi connectivity index (χ1v) is 8.65. The number of likely N-dealkylation sites (tertiary alicyclic amines) is 1. The van der Waals surface area contributed by atoms with Gasteiger partial charge in [0, 0.05) is 30.6 Å². The molecule has 2 N–H and O–H groups in total. The van der Waals surface area contributed by atoms with Gasteiger partial charge in [0.15, 0.2) is 0 Å². The van der Waals surface area contributed by atoms with Gasteiger partial charge < -0.3 is 15.5 Å². The van der Waals surface area contributed by atoms with Gasteiger partial charge in [-0.25, -0.2) is 9.18 Å². The van der Waals surface area contributed by atoms with E-state index in [1.165, 1.54) is 6.07 Å². The Hall–Kier alpha value is -2.11. The van der Waals surface area contributed by atoms with Gasteiger partial charge in [0.25, 0.3) is 0 Å². The Morgan fingerprint density at radius 1 is 1.17 bits per heavy atom. The van der Waals surface area contributed by atoms with Gasteiger partial charge in [0.1, 0.15) is 5.82 Å². The normalized spacial score (nSPS) is 19.7. The second kappa shape index (κ2) is 7.20. The van der Waals surface area contributed by atoms with Gasteiger partial charge >= 0.3 is 6.03 Å². The van der Waals surface area contributed by atoms with E-state index in [2.05, 4.69) is 10.6 Å². The summed E-state index contributed by atoms with van der Waals surface area (Å²) in [5, 5.41) is 5.87. The molecule has 24 heavy (non-hydrogen) atoms. The van der Waals surface area contributed by atoms with Crippen LogP contribution < -0.4 is 10.6 Å². The number of piperidine rings is 1. The number of nitrogens with one attached hydrogen (secondary N) is 2. The number of carbonyl (C=O) groups is 2. The predicted molar refractivity (Wildman–Crippen MR) is 88.8 cm³/mol. The number of amides is 3. The van der Waals surface area contributed by atoms with Crippen molar-refractivity contribution >= 4 is 11.9 Å². The van der Waals surface area contributed by atoms with Crippen molar-refractivity contribution in [2.75, 3.05) is 13.1 Å². The number of nitrogens with zero attached hydrogens (tertiary/aromatic N) is 1. The van der Waals surface area contributed by atoms with E-state index in [4.69, 9.17) is 0 Å². The first kappa shape index (κ1) is 16.7. The highest BCUT2D eigenvalue weighted by molar-refractivity contribution is 5.80. The van der Waals surface area contributed by atoms with E-state index in [0.29, 0.717) is 37.5 Å². The van der Waals surface area contributed by atoms with Gasteiger partial charge in [-0.15, -0.1) is 0 Å². The molecule has 2 fully saturated rings. The summed E-state index contributed by atoms with van der Waals surface area (Å²) in [6.45, 7) is 2.96. The maximum atomic E-state index is 13.8. The van der Waals surface area contributed by atoms with Gasteiger partial charge in [-0.3, -0.25) is 4.79 Å². The summed E-state index contributed by atoms with van der Waals surface area (Å²) in [7, 11) is 0.